The van der Waals surface area contributed by atoms with Crippen LogP contribution < -0.4 is 37.6 Å². The first kappa shape index (κ1) is 478. The fraction of sp³-hybridized carbons (Fsp3) is 0. The van der Waals surface area contributed by atoms with Crippen molar-refractivity contribution in [3.63, 3.8) is 0 Å². The van der Waals surface area contributed by atoms with Gasteiger partial charge in [-0.15, -0.1) is 0 Å². The first-order valence-corrected chi connectivity index (χ1v) is 0. The molecule has 11 heteroatoms. The summed E-state index contributed by atoms with van der Waals surface area (Å²) in [5.74, 6) is 0. The summed E-state index contributed by atoms with van der Waals surface area (Å²) in [6.45, 7) is 0. The maximum Gasteiger partial charge on any atom is 3.00 e. The Balaban J connectivity index is 0. The molecule has 0 saturated carbocycles. The molecule has 0 aliphatic carbocycles. The van der Waals surface area contributed by atoms with Gasteiger partial charge in [-0.05, 0) is 0 Å². The van der Waals surface area contributed by atoms with Crippen LogP contribution in [0.3, 0.4) is 0 Å². The normalized spacial score (nSPS) is 0. The Labute approximate surface area is 119 Å². The summed E-state index contributed by atoms with van der Waals surface area (Å²) in [6.07, 6.45) is 0. The summed E-state index contributed by atoms with van der Waals surface area (Å²) in [5, 5.41) is 0. The molecule has 1 radical (unpaired) electrons. The van der Waals surface area contributed by atoms with Crippen molar-refractivity contribution in [3.05, 3.63) is 0 Å². The minimum absolute atomic E-state index is 0. The van der Waals surface area contributed by atoms with Gasteiger partial charge in [0.1, 0.15) is 0 Å². The smallest absolute Gasteiger partial charge is 1.00 e. The Morgan fingerprint density at radius 3 is 0.364 bits per heavy atom. The van der Waals surface area contributed by atoms with E-state index in [9.17, 15) is 0 Å². The van der Waals surface area contributed by atoms with E-state index in [-0.39, 0.29) is 120 Å². The van der Waals surface area contributed by atoms with Gasteiger partial charge in [-0.3, -0.25) is 0 Å². The molecule has 0 amide bonds. The summed E-state index contributed by atoms with van der Waals surface area (Å²) in [6, 6.07) is 0. The molecule has 0 spiro atoms. The second-order valence-corrected chi connectivity index (χ2v) is 0. The van der Waals surface area contributed by atoms with E-state index in [0.29, 0.717) is 0 Å². The van der Waals surface area contributed by atoms with Crippen molar-refractivity contribution in [2.24, 2.45) is 0 Å². The third-order valence-electron chi connectivity index (χ3n) is 0. The van der Waals surface area contributed by atoms with Crippen molar-refractivity contribution >= 4 is 0 Å². The average molecular weight is 451 g/mol. The fourth-order valence-corrected chi connectivity index (χ4v) is 0. The van der Waals surface area contributed by atoms with Crippen molar-refractivity contribution in [2.75, 3.05) is 0 Å². The van der Waals surface area contributed by atoms with Crippen LogP contribution in [0.2, 0.25) is 0 Å². The topological polar surface area (TPSA) is 34.5 Å². The van der Waals surface area contributed by atoms with Gasteiger partial charge in [-0.25, -0.2) is 0 Å². The molecule has 0 saturated heterocycles. The second-order valence-electron chi connectivity index (χ2n) is 0. The van der Waals surface area contributed by atoms with Crippen LogP contribution >= 0.6 is 0 Å². The molecule has 0 bridgehead atoms. The van der Waals surface area contributed by atoms with Crippen molar-refractivity contribution in [3.8, 4) is 0 Å². The summed E-state index contributed by atoms with van der Waals surface area (Å²) in [7, 11) is 0. The zero-order valence-electron chi connectivity index (χ0n) is 4.81. The SMILES string of the molecule is [Ce+3].[F-].[F-].[F-].[F-].[F-].[F-].[F-].[F-].[La+3].[OH4+2]. The van der Waals surface area contributed by atoms with Gasteiger partial charge in [0.05, 0.1) is 0 Å². The summed E-state index contributed by atoms with van der Waals surface area (Å²) < 4.78 is 0. The van der Waals surface area contributed by atoms with Crippen LogP contribution in [0.15, 0.2) is 0 Å². The first-order valence-electron chi connectivity index (χ1n) is 0. The van der Waals surface area contributed by atoms with Crippen LogP contribution in [-0.4, -0.2) is 0 Å². The zero-order chi connectivity index (χ0) is 0. The molecule has 11 heavy (non-hydrogen) atoms. The zero-order valence-corrected chi connectivity index (χ0v) is 11.6. The third-order valence-corrected chi connectivity index (χ3v) is 0. The Morgan fingerprint density at radius 2 is 0.364 bits per heavy atom. The Kier molecular flexibility index (Phi) is 16100. The first-order chi connectivity index (χ1) is 0. The van der Waals surface area contributed by atoms with Gasteiger partial charge in [0, 0.05) is 0 Å². The standard InChI is InChI=1S/Ce.8FH.La.H4O/h;8*1H;;1H4/q+3;;;;;;;;;+3;+2/p-8. The van der Waals surface area contributed by atoms with Gasteiger partial charge in [-0.1, -0.05) is 0 Å². The second kappa shape index (κ2) is 371. The largest absolute Gasteiger partial charge is 3.00 e. The van der Waals surface area contributed by atoms with E-state index in [1.54, 1.807) is 0 Å². The van der Waals surface area contributed by atoms with E-state index in [1.807, 2.05) is 0 Å². The predicted molar refractivity (Wildman–Crippen MR) is 6.27 cm³/mol. The summed E-state index contributed by atoms with van der Waals surface area (Å²) >= 11 is 0. The molecule has 0 aromatic carbocycles. The summed E-state index contributed by atoms with van der Waals surface area (Å²) in [4.78, 5) is 0. The third kappa shape index (κ3) is 306. The molecular formula is H4CeF8LaO. The van der Waals surface area contributed by atoms with Crippen molar-refractivity contribution < 1.29 is 120 Å². The molecular weight excluding hydrogens is 447 g/mol. The predicted octanol–water partition coefficient (Wildman–Crippen LogP) is -25.2. The van der Waals surface area contributed by atoms with Gasteiger partial charge in [-0.2, -0.15) is 0 Å². The molecule has 0 aliphatic heterocycles. The number of hydrogen-bond donors (Lipinski definition) is 0. The maximum absolute atomic E-state index is 0. The minimum atomic E-state index is 0. The van der Waals surface area contributed by atoms with Crippen LogP contribution in [0.1, 0.15) is 0 Å². The minimum Gasteiger partial charge on any atom is -1.00 e. The van der Waals surface area contributed by atoms with Crippen molar-refractivity contribution in [1.29, 1.82) is 0 Å². The molecule has 0 aromatic heterocycles. The molecule has 0 fully saturated rings. The average Bonchev–Trinajstić information content (AvgIpc) is 0. The maximum atomic E-state index is 0. The quantitative estimate of drug-likeness (QED) is 0.329. The fourth-order valence-electron chi connectivity index (χ4n) is 0. The van der Waals surface area contributed by atoms with E-state index < -0.39 is 0 Å². The molecule has 1 nitrogen and oxygen atoms in total. The van der Waals surface area contributed by atoms with Gasteiger partial charge in [0.15, 0.2) is 0 Å². The summed E-state index contributed by atoms with van der Waals surface area (Å²) in [5.41, 5.74) is 0. The Hall–Kier alpha value is 1.97. The van der Waals surface area contributed by atoms with Crippen LogP contribution in [0.5, 0.6) is 0 Å². The molecule has 0 unspecified atom stereocenters. The van der Waals surface area contributed by atoms with E-state index >= 15 is 0 Å². The van der Waals surface area contributed by atoms with Crippen LogP contribution in [-0.2, 0) is 5.48 Å². The molecule has 0 atom stereocenters. The van der Waals surface area contributed by atoms with Crippen LogP contribution in [0.4, 0.5) is 0 Å². The van der Waals surface area contributed by atoms with Crippen molar-refractivity contribution in [2.45, 2.75) is 0 Å². The van der Waals surface area contributed by atoms with E-state index in [1.165, 1.54) is 0 Å². The van der Waals surface area contributed by atoms with Crippen LogP contribution in [0, 0.1) is 77.3 Å². The molecule has 0 rings (SSSR count). The molecule has 4 N–H and O–H groups in total. The number of hydrogen-bond acceptors (Lipinski definition) is 0. The van der Waals surface area contributed by atoms with E-state index in [0.717, 1.165) is 0 Å². The van der Waals surface area contributed by atoms with Crippen LogP contribution in [0.25, 0.3) is 0 Å². The van der Waals surface area contributed by atoms with E-state index in [4.69, 9.17) is 0 Å². The Morgan fingerprint density at radius 1 is 0.364 bits per heavy atom. The van der Waals surface area contributed by atoms with Crippen molar-refractivity contribution in [1.82, 2.24) is 0 Å². The molecule has 0 aromatic rings. The number of halogens is 8. The van der Waals surface area contributed by atoms with Gasteiger partial charge in [0.2, 0.25) is 0 Å². The van der Waals surface area contributed by atoms with Gasteiger partial charge < -0.3 is 43.1 Å². The van der Waals surface area contributed by atoms with Gasteiger partial charge >= 0.3 is 77.3 Å². The Bertz CT molecular complexity index is 14.1. The molecule has 0 heterocycles. The number of rotatable bonds is 0. The molecule has 73 valence electrons. The molecule has 0 aliphatic rings. The monoisotopic (exact) mass is 451 g/mol. The van der Waals surface area contributed by atoms with E-state index in [2.05, 4.69) is 0 Å². The van der Waals surface area contributed by atoms with Gasteiger partial charge in [0.25, 0.3) is 0 Å².